The molecular formula is C23H27FN4O2. The number of piperazine rings is 1. The minimum atomic E-state index is -0.306. The van der Waals surface area contributed by atoms with Gasteiger partial charge in [-0.15, -0.1) is 0 Å². The predicted octanol–water partition coefficient (Wildman–Crippen LogP) is 2.25. The van der Waals surface area contributed by atoms with E-state index in [-0.39, 0.29) is 47.7 Å². The van der Waals surface area contributed by atoms with Crippen LogP contribution in [0.3, 0.4) is 0 Å². The van der Waals surface area contributed by atoms with E-state index in [1.54, 1.807) is 11.0 Å². The Balaban J connectivity index is 1.25. The van der Waals surface area contributed by atoms with Gasteiger partial charge in [0.05, 0.1) is 18.2 Å². The molecule has 3 saturated heterocycles. The summed E-state index contributed by atoms with van der Waals surface area (Å²) >= 11 is 0. The van der Waals surface area contributed by atoms with Gasteiger partial charge in [0.25, 0.3) is 0 Å². The van der Waals surface area contributed by atoms with Gasteiger partial charge in [-0.2, -0.15) is 5.26 Å². The van der Waals surface area contributed by atoms with Gasteiger partial charge in [-0.1, -0.05) is 13.0 Å². The summed E-state index contributed by atoms with van der Waals surface area (Å²) in [6, 6.07) is 6.89. The first-order valence-electron chi connectivity index (χ1n) is 11.0. The highest BCUT2D eigenvalue weighted by molar-refractivity contribution is 5.86. The Kier molecular flexibility index (Phi) is 4.78. The van der Waals surface area contributed by atoms with Crippen molar-refractivity contribution in [2.45, 2.75) is 63.2 Å². The molecule has 2 amide bonds. The maximum atomic E-state index is 13.6. The van der Waals surface area contributed by atoms with Crippen LogP contribution in [0.25, 0.3) is 0 Å². The number of rotatable bonds is 4. The summed E-state index contributed by atoms with van der Waals surface area (Å²) in [5, 5.41) is 9.26. The topological polar surface area (TPSA) is 67.7 Å². The second-order valence-electron chi connectivity index (χ2n) is 9.22. The summed E-state index contributed by atoms with van der Waals surface area (Å²) in [4.78, 5) is 32.0. The van der Waals surface area contributed by atoms with E-state index in [0.717, 1.165) is 49.8 Å². The van der Waals surface area contributed by atoms with Crippen LogP contribution in [0.4, 0.5) is 4.39 Å². The van der Waals surface area contributed by atoms with Crippen LogP contribution in [-0.4, -0.2) is 64.3 Å². The lowest BCUT2D eigenvalue weighted by atomic mass is 10.0. The summed E-state index contributed by atoms with van der Waals surface area (Å²) in [5.41, 5.74) is 2.10. The number of nitrogens with zero attached hydrogens (tertiary/aromatic N) is 4. The summed E-state index contributed by atoms with van der Waals surface area (Å²) < 4.78 is 13.6. The van der Waals surface area contributed by atoms with Crippen LogP contribution in [0.15, 0.2) is 18.2 Å². The molecule has 1 aliphatic carbocycles. The first kappa shape index (κ1) is 19.5. The summed E-state index contributed by atoms with van der Waals surface area (Å²) in [6.45, 7) is 3.90. The van der Waals surface area contributed by atoms with Crippen molar-refractivity contribution in [1.82, 2.24) is 14.7 Å². The Morgan fingerprint density at radius 3 is 2.93 bits per heavy atom. The quantitative estimate of drug-likeness (QED) is 0.764. The van der Waals surface area contributed by atoms with E-state index in [9.17, 15) is 19.2 Å². The van der Waals surface area contributed by atoms with Crippen molar-refractivity contribution in [3.8, 4) is 6.07 Å². The number of fused-ring (bicyclic) bond motifs is 3. The van der Waals surface area contributed by atoms with Gasteiger partial charge in [-0.3, -0.25) is 14.5 Å². The number of amides is 2. The van der Waals surface area contributed by atoms with Crippen molar-refractivity contribution < 1.29 is 14.0 Å². The number of halogens is 1. The zero-order chi connectivity index (χ0) is 21.0. The molecule has 0 radical (unpaired) electrons. The second kappa shape index (κ2) is 7.35. The number of hydrogen-bond donors (Lipinski definition) is 0. The number of benzene rings is 1. The lowest BCUT2D eigenvalue weighted by molar-refractivity contribution is -0.142. The van der Waals surface area contributed by atoms with Crippen molar-refractivity contribution >= 4 is 11.8 Å². The van der Waals surface area contributed by atoms with Crippen molar-refractivity contribution in [3.63, 3.8) is 0 Å². The van der Waals surface area contributed by atoms with Crippen LogP contribution in [0.2, 0.25) is 0 Å². The number of hydrogen-bond acceptors (Lipinski definition) is 4. The van der Waals surface area contributed by atoms with Gasteiger partial charge in [0.15, 0.2) is 0 Å². The number of carbonyl (C=O) groups excluding carboxylic acids is 2. The highest BCUT2D eigenvalue weighted by atomic mass is 19.1. The van der Waals surface area contributed by atoms with E-state index in [2.05, 4.69) is 11.0 Å². The second-order valence-corrected chi connectivity index (χ2v) is 9.22. The van der Waals surface area contributed by atoms with Crippen LogP contribution in [-0.2, 0) is 16.0 Å². The van der Waals surface area contributed by atoms with E-state index in [4.69, 9.17) is 0 Å². The molecule has 3 fully saturated rings. The van der Waals surface area contributed by atoms with Gasteiger partial charge >= 0.3 is 0 Å². The molecule has 7 heteroatoms. The van der Waals surface area contributed by atoms with Crippen LogP contribution in [0, 0.1) is 23.1 Å². The Labute approximate surface area is 176 Å². The standard InChI is InChI=1S/C23H27FN4O2/c1-14(22(29)27-8-2-3-17(27)11-25)12-26-13-18-10-21(26)23(30)28(18)20-7-4-15-9-16(24)5-6-19(15)20/h5-6,9,14,17-18,20-21H,2-4,7-8,10,12-13H2,1H3/t14-,17-,18+,20+,21+/m0/s1. The van der Waals surface area contributed by atoms with E-state index in [0.29, 0.717) is 13.1 Å². The first-order chi connectivity index (χ1) is 14.5. The molecular weight excluding hydrogens is 383 g/mol. The third-order valence-corrected chi connectivity index (χ3v) is 7.42. The molecule has 4 aliphatic rings. The van der Waals surface area contributed by atoms with Crippen molar-refractivity contribution in [2.75, 3.05) is 19.6 Å². The van der Waals surface area contributed by atoms with Crippen LogP contribution in [0.1, 0.15) is 49.8 Å². The predicted molar refractivity (Wildman–Crippen MR) is 108 cm³/mol. The SMILES string of the molecule is C[C@@H](CN1C[C@H]2C[C@@H]1C(=O)N2[C@@H]1CCc2cc(F)ccc21)C(=O)N1CCC[C@H]1C#N. The minimum absolute atomic E-state index is 0.0258. The fourth-order valence-electron chi connectivity index (χ4n) is 6.03. The molecule has 1 aromatic carbocycles. The average Bonchev–Trinajstić information content (AvgIpc) is 3.49. The molecule has 2 bridgehead atoms. The molecule has 0 aromatic heterocycles. The van der Waals surface area contributed by atoms with Crippen molar-refractivity contribution in [3.05, 3.63) is 35.1 Å². The molecule has 0 saturated carbocycles. The number of likely N-dealkylation sites (tertiary alicyclic amines) is 3. The lowest BCUT2D eigenvalue weighted by Gasteiger charge is -2.38. The van der Waals surface area contributed by atoms with Crippen LogP contribution in [0.5, 0.6) is 0 Å². The molecule has 1 aromatic rings. The monoisotopic (exact) mass is 410 g/mol. The maximum absolute atomic E-state index is 13.6. The first-order valence-corrected chi connectivity index (χ1v) is 11.0. The lowest BCUT2D eigenvalue weighted by Crippen LogP contribution is -2.53. The molecule has 6 nitrogen and oxygen atoms in total. The van der Waals surface area contributed by atoms with Crippen LogP contribution >= 0.6 is 0 Å². The van der Waals surface area contributed by atoms with E-state index in [1.807, 2.05) is 17.9 Å². The molecule has 5 atom stereocenters. The van der Waals surface area contributed by atoms with E-state index >= 15 is 0 Å². The summed E-state index contributed by atoms with van der Waals surface area (Å²) in [6.07, 6.45) is 4.10. The molecule has 158 valence electrons. The number of aryl methyl sites for hydroxylation is 1. The third-order valence-electron chi connectivity index (χ3n) is 7.42. The minimum Gasteiger partial charge on any atom is -0.330 e. The fourth-order valence-corrected chi connectivity index (χ4v) is 6.03. The van der Waals surface area contributed by atoms with Crippen molar-refractivity contribution in [2.24, 2.45) is 5.92 Å². The largest absolute Gasteiger partial charge is 0.330 e. The average molecular weight is 410 g/mol. The molecule has 0 N–H and O–H groups in total. The Hall–Kier alpha value is -2.46. The van der Waals surface area contributed by atoms with Gasteiger partial charge in [0.1, 0.15) is 11.9 Å². The van der Waals surface area contributed by atoms with Gasteiger partial charge in [-0.05, 0) is 55.4 Å². The highest BCUT2D eigenvalue weighted by Crippen LogP contribution is 2.44. The molecule has 0 spiro atoms. The molecule has 3 aliphatic heterocycles. The van der Waals surface area contributed by atoms with Gasteiger partial charge in [-0.25, -0.2) is 4.39 Å². The number of nitriles is 1. The Bertz CT molecular complexity index is 928. The zero-order valence-electron chi connectivity index (χ0n) is 17.3. The summed E-state index contributed by atoms with van der Waals surface area (Å²) in [7, 11) is 0. The maximum Gasteiger partial charge on any atom is 0.240 e. The Morgan fingerprint density at radius 2 is 2.17 bits per heavy atom. The summed E-state index contributed by atoms with van der Waals surface area (Å²) in [5.74, 6) is -0.276. The Morgan fingerprint density at radius 1 is 1.33 bits per heavy atom. The fraction of sp³-hybridized carbons (Fsp3) is 0.609. The highest BCUT2D eigenvalue weighted by Gasteiger charge is 2.53. The molecule has 0 unspecified atom stereocenters. The van der Waals surface area contributed by atoms with Gasteiger partial charge in [0.2, 0.25) is 11.8 Å². The molecule has 3 heterocycles. The van der Waals surface area contributed by atoms with Gasteiger partial charge < -0.3 is 9.80 Å². The molecule has 5 rings (SSSR count). The van der Waals surface area contributed by atoms with E-state index < -0.39 is 0 Å². The van der Waals surface area contributed by atoms with Crippen molar-refractivity contribution in [1.29, 1.82) is 5.26 Å². The smallest absolute Gasteiger partial charge is 0.240 e. The third kappa shape index (κ3) is 3.01. The van der Waals surface area contributed by atoms with Crippen LogP contribution < -0.4 is 0 Å². The normalized spacial score (nSPS) is 31.3. The van der Waals surface area contributed by atoms with Gasteiger partial charge in [0, 0.05) is 31.6 Å². The zero-order valence-corrected chi connectivity index (χ0v) is 17.3. The molecule has 30 heavy (non-hydrogen) atoms. The number of carbonyl (C=O) groups is 2. The van der Waals surface area contributed by atoms with E-state index in [1.165, 1.54) is 6.07 Å².